The Morgan fingerprint density at radius 1 is 1.05 bits per heavy atom. The number of pyridine rings is 1. The summed E-state index contributed by atoms with van der Waals surface area (Å²) in [4.78, 5) is 2.38. The Hall–Kier alpha value is -1.87. The number of benzene rings is 1. The van der Waals surface area contributed by atoms with Gasteiger partial charge in [0, 0.05) is 36.5 Å². The number of ether oxygens (including phenoxy) is 1. The van der Waals surface area contributed by atoms with Crippen molar-refractivity contribution in [2.75, 3.05) is 31.2 Å². The molecule has 0 spiro atoms. The van der Waals surface area contributed by atoms with E-state index in [1.54, 1.807) is 0 Å². The van der Waals surface area contributed by atoms with E-state index < -0.39 is 0 Å². The van der Waals surface area contributed by atoms with Crippen LogP contribution < -0.4 is 9.47 Å². The van der Waals surface area contributed by atoms with Crippen LogP contribution in [0.2, 0.25) is 0 Å². The topological polar surface area (TPSA) is 16.4 Å². The first-order chi connectivity index (χ1) is 9.34. The highest BCUT2D eigenvalue weighted by atomic mass is 16.5. The molecule has 3 heteroatoms. The van der Waals surface area contributed by atoms with Gasteiger partial charge in [-0.15, -0.1) is 0 Å². The molecule has 3 nitrogen and oxygen atoms in total. The largest absolute Gasteiger partial charge is 0.378 e. The highest BCUT2D eigenvalue weighted by Gasteiger charge is 2.16. The first kappa shape index (κ1) is 12.2. The van der Waals surface area contributed by atoms with Gasteiger partial charge in [0.25, 0.3) is 0 Å². The summed E-state index contributed by atoms with van der Waals surface area (Å²) >= 11 is 0. The predicted molar refractivity (Wildman–Crippen MR) is 76.1 cm³/mol. The van der Waals surface area contributed by atoms with Crippen molar-refractivity contribution in [3.05, 3.63) is 48.7 Å². The third-order valence-corrected chi connectivity index (χ3v) is 3.58. The Morgan fingerprint density at radius 2 is 1.79 bits per heavy atom. The molecule has 0 radical (unpaired) electrons. The zero-order chi connectivity index (χ0) is 13.1. The summed E-state index contributed by atoms with van der Waals surface area (Å²) in [6.07, 6.45) is 2.13. The second-order valence-corrected chi connectivity index (χ2v) is 4.85. The van der Waals surface area contributed by atoms with Crippen molar-refractivity contribution >= 4 is 5.69 Å². The molecule has 19 heavy (non-hydrogen) atoms. The summed E-state index contributed by atoms with van der Waals surface area (Å²) in [5.41, 5.74) is 3.77. The number of hydrogen-bond donors (Lipinski definition) is 0. The summed E-state index contributed by atoms with van der Waals surface area (Å²) in [5.74, 6) is 0. The van der Waals surface area contributed by atoms with E-state index in [4.69, 9.17) is 4.74 Å². The standard InChI is InChI=1S/C16H19N2O/c1-17-8-7-15(18-9-11-19-12-10-18)13-16(17)14-5-3-2-4-6-14/h2-8,13H,9-12H2,1H3/q+1. The molecule has 0 amide bonds. The minimum absolute atomic E-state index is 0.821. The minimum atomic E-state index is 0.821. The maximum Gasteiger partial charge on any atom is 0.214 e. The van der Waals surface area contributed by atoms with Crippen LogP contribution in [0, 0.1) is 0 Å². The summed E-state index contributed by atoms with van der Waals surface area (Å²) in [5, 5.41) is 0. The molecule has 98 valence electrons. The van der Waals surface area contributed by atoms with Crippen LogP contribution in [0.25, 0.3) is 11.3 Å². The van der Waals surface area contributed by atoms with Crippen molar-refractivity contribution in [3.8, 4) is 11.3 Å². The lowest BCUT2D eigenvalue weighted by Gasteiger charge is -2.28. The second-order valence-electron chi connectivity index (χ2n) is 4.85. The van der Waals surface area contributed by atoms with Gasteiger partial charge in [-0.3, -0.25) is 0 Å². The van der Waals surface area contributed by atoms with Crippen molar-refractivity contribution < 1.29 is 9.30 Å². The normalized spacial score (nSPS) is 15.5. The Morgan fingerprint density at radius 3 is 2.53 bits per heavy atom. The first-order valence-corrected chi connectivity index (χ1v) is 6.72. The van der Waals surface area contributed by atoms with E-state index in [9.17, 15) is 0 Å². The van der Waals surface area contributed by atoms with E-state index in [0.717, 1.165) is 26.3 Å². The Kier molecular flexibility index (Phi) is 3.47. The van der Waals surface area contributed by atoms with E-state index in [1.165, 1.54) is 16.9 Å². The fourth-order valence-electron chi connectivity index (χ4n) is 2.47. The Labute approximate surface area is 114 Å². The molecule has 0 saturated carbocycles. The fourth-order valence-corrected chi connectivity index (χ4v) is 2.47. The summed E-state index contributed by atoms with van der Waals surface area (Å²) in [6, 6.07) is 15.0. The van der Waals surface area contributed by atoms with Crippen molar-refractivity contribution in [1.82, 2.24) is 0 Å². The zero-order valence-corrected chi connectivity index (χ0v) is 11.2. The van der Waals surface area contributed by atoms with Crippen LogP contribution in [-0.4, -0.2) is 26.3 Å². The third kappa shape index (κ3) is 2.61. The minimum Gasteiger partial charge on any atom is -0.378 e. The maximum atomic E-state index is 5.41. The van der Waals surface area contributed by atoms with Crippen LogP contribution in [0.1, 0.15) is 0 Å². The molecular formula is C16H19N2O+. The lowest BCUT2D eigenvalue weighted by molar-refractivity contribution is -0.660. The summed E-state index contributed by atoms with van der Waals surface area (Å²) < 4.78 is 7.58. The number of nitrogens with zero attached hydrogens (tertiary/aromatic N) is 2. The molecule has 0 atom stereocenters. The van der Waals surface area contributed by atoms with Crippen molar-refractivity contribution in [2.24, 2.45) is 7.05 Å². The van der Waals surface area contributed by atoms with Crippen LogP contribution in [0.5, 0.6) is 0 Å². The lowest BCUT2D eigenvalue weighted by Crippen LogP contribution is -2.37. The van der Waals surface area contributed by atoms with Crippen LogP contribution >= 0.6 is 0 Å². The molecule has 1 aromatic carbocycles. The molecule has 1 aromatic heterocycles. The van der Waals surface area contributed by atoms with Gasteiger partial charge in [-0.05, 0) is 12.1 Å². The highest BCUT2D eigenvalue weighted by Crippen LogP contribution is 2.21. The number of rotatable bonds is 2. The van der Waals surface area contributed by atoms with Gasteiger partial charge in [-0.25, -0.2) is 4.57 Å². The van der Waals surface area contributed by atoms with Crippen LogP contribution in [0.15, 0.2) is 48.7 Å². The van der Waals surface area contributed by atoms with Gasteiger partial charge in [0.15, 0.2) is 6.20 Å². The van der Waals surface area contributed by atoms with Crippen LogP contribution in [0.4, 0.5) is 5.69 Å². The molecule has 3 rings (SSSR count). The number of aromatic nitrogens is 1. The maximum absolute atomic E-state index is 5.41. The first-order valence-electron chi connectivity index (χ1n) is 6.72. The van der Waals surface area contributed by atoms with E-state index in [2.05, 4.69) is 65.2 Å². The van der Waals surface area contributed by atoms with Crippen LogP contribution in [-0.2, 0) is 11.8 Å². The Balaban J connectivity index is 1.96. The van der Waals surface area contributed by atoms with Gasteiger partial charge in [0.05, 0.1) is 13.2 Å². The molecule has 2 aromatic rings. The van der Waals surface area contributed by atoms with Gasteiger partial charge >= 0.3 is 0 Å². The highest BCUT2D eigenvalue weighted by molar-refractivity contribution is 5.61. The molecule has 1 aliphatic rings. The third-order valence-electron chi connectivity index (χ3n) is 3.58. The Bertz CT molecular complexity index is 548. The van der Waals surface area contributed by atoms with Gasteiger partial charge in [0.1, 0.15) is 7.05 Å². The quantitative estimate of drug-likeness (QED) is 0.763. The van der Waals surface area contributed by atoms with Crippen molar-refractivity contribution in [2.45, 2.75) is 0 Å². The summed E-state index contributed by atoms with van der Waals surface area (Å²) in [7, 11) is 2.09. The van der Waals surface area contributed by atoms with Crippen LogP contribution in [0.3, 0.4) is 0 Å². The molecule has 1 saturated heterocycles. The second kappa shape index (κ2) is 5.41. The predicted octanol–water partition coefficient (Wildman–Crippen LogP) is 2.01. The average Bonchev–Trinajstić information content (AvgIpc) is 2.49. The number of anilines is 1. The number of hydrogen-bond acceptors (Lipinski definition) is 2. The molecule has 2 heterocycles. The molecule has 0 aliphatic carbocycles. The fraction of sp³-hybridized carbons (Fsp3) is 0.312. The van der Waals surface area contributed by atoms with Crippen molar-refractivity contribution in [3.63, 3.8) is 0 Å². The smallest absolute Gasteiger partial charge is 0.214 e. The van der Waals surface area contributed by atoms with Crippen molar-refractivity contribution in [1.29, 1.82) is 0 Å². The van der Waals surface area contributed by atoms with Gasteiger partial charge < -0.3 is 9.64 Å². The van der Waals surface area contributed by atoms with Gasteiger partial charge in [-0.2, -0.15) is 0 Å². The van der Waals surface area contributed by atoms with E-state index in [-0.39, 0.29) is 0 Å². The molecule has 1 fully saturated rings. The molecular weight excluding hydrogens is 236 g/mol. The summed E-state index contributed by atoms with van der Waals surface area (Å²) in [6.45, 7) is 3.59. The average molecular weight is 255 g/mol. The molecule has 0 N–H and O–H groups in total. The zero-order valence-electron chi connectivity index (χ0n) is 11.2. The molecule has 0 unspecified atom stereocenters. The molecule has 1 aliphatic heterocycles. The molecule has 0 bridgehead atoms. The van der Waals surface area contributed by atoms with E-state index in [1.807, 2.05) is 0 Å². The SMILES string of the molecule is C[n+]1ccc(N2CCOCC2)cc1-c1ccccc1. The lowest BCUT2D eigenvalue weighted by atomic mass is 10.1. The van der Waals surface area contributed by atoms with E-state index in [0.29, 0.717) is 0 Å². The van der Waals surface area contributed by atoms with E-state index >= 15 is 0 Å². The number of aryl methyl sites for hydroxylation is 1. The monoisotopic (exact) mass is 255 g/mol. The number of morpholine rings is 1. The van der Waals surface area contributed by atoms with Gasteiger partial charge in [-0.1, -0.05) is 18.2 Å². The van der Waals surface area contributed by atoms with Gasteiger partial charge in [0.2, 0.25) is 5.69 Å².